The molecule has 0 aromatic rings. The molecule has 1 aliphatic rings. The predicted octanol–water partition coefficient (Wildman–Crippen LogP) is 2.58. The molecule has 84 valence electrons. The molecule has 0 N–H and O–H groups in total. The highest BCUT2D eigenvalue weighted by molar-refractivity contribution is 6.84. The van der Waals surface area contributed by atoms with Crippen LogP contribution in [0.5, 0.6) is 0 Å². The number of methoxy groups -OCH3 is 1. The maximum atomic E-state index is 11.2. The van der Waals surface area contributed by atoms with Crippen molar-refractivity contribution < 1.29 is 9.53 Å². The number of carbonyl (C=O) groups excluding carboxylic acids is 1. The lowest BCUT2D eigenvalue weighted by atomic mass is 10.2. The van der Waals surface area contributed by atoms with E-state index >= 15 is 0 Å². The Morgan fingerprint density at radius 1 is 1.47 bits per heavy atom. The van der Waals surface area contributed by atoms with Crippen LogP contribution in [0, 0.1) is 5.92 Å². The minimum Gasteiger partial charge on any atom is -0.377 e. The van der Waals surface area contributed by atoms with Crippen molar-refractivity contribution in [1.82, 2.24) is 0 Å². The van der Waals surface area contributed by atoms with E-state index in [1.54, 1.807) is 18.4 Å². The molecule has 0 radical (unpaired) electrons. The minimum atomic E-state index is -1.15. The lowest BCUT2D eigenvalue weighted by Gasteiger charge is -2.11. The highest BCUT2D eigenvalue weighted by Crippen LogP contribution is 2.45. The van der Waals surface area contributed by atoms with E-state index in [4.69, 9.17) is 4.74 Å². The van der Waals surface area contributed by atoms with Crippen LogP contribution >= 0.6 is 0 Å². The fraction of sp³-hybridized carbons (Fsp3) is 0.583. The summed E-state index contributed by atoms with van der Waals surface area (Å²) in [6.07, 6.45) is 3.68. The van der Waals surface area contributed by atoms with Crippen LogP contribution in [0.4, 0.5) is 0 Å². The quantitative estimate of drug-likeness (QED) is 0.530. The van der Waals surface area contributed by atoms with Crippen molar-refractivity contribution in [3.8, 4) is 0 Å². The molecule has 0 aromatic heterocycles. The molecule has 0 saturated carbocycles. The normalized spacial score (nSPS) is 21.3. The van der Waals surface area contributed by atoms with Crippen molar-refractivity contribution in [2.75, 3.05) is 13.7 Å². The van der Waals surface area contributed by atoms with E-state index in [-0.39, 0.29) is 12.4 Å². The van der Waals surface area contributed by atoms with Gasteiger partial charge in [0.25, 0.3) is 0 Å². The number of allylic oxidation sites excluding steroid dienone is 3. The molecule has 0 saturated heterocycles. The molecule has 0 aromatic carbocycles. The highest BCUT2D eigenvalue weighted by atomic mass is 28.3. The lowest BCUT2D eigenvalue weighted by Crippen LogP contribution is -2.20. The number of rotatable bonds is 5. The Kier molecular flexibility index (Phi) is 3.68. The summed E-state index contributed by atoms with van der Waals surface area (Å²) in [5, 5.41) is 1.60. The first-order valence-electron chi connectivity index (χ1n) is 5.29. The van der Waals surface area contributed by atoms with E-state index in [1.807, 2.05) is 6.08 Å². The Labute approximate surface area is 93.0 Å². The second kappa shape index (κ2) is 4.45. The minimum absolute atomic E-state index is 0.0483. The van der Waals surface area contributed by atoms with Gasteiger partial charge in [0.2, 0.25) is 0 Å². The summed E-state index contributed by atoms with van der Waals surface area (Å²) < 4.78 is 4.77. The molecule has 3 heteroatoms. The Bertz CT molecular complexity index is 321. The highest BCUT2D eigenvalue weighted by Gasteiger charge is 2.39. The van der Waals surface area contributed by atoms with Crippen LogP contribution in [0.25, 0.3) is 0 Å². The SMILES string of the molecule is COCC(=O)/C=C/C1C(C)=C1[Si](C)(C)C. The molecule has 0 spiro atoms. The van der Waals surface area contributed by atoms with Crippen LogP contribution in [0.2, 0.25) is 19.6 Å². The van der Waals surface area contributed by atoms with Crippen LogP contribution < -0.4 is 0 Å². The third-order valence-electron chi connectivity index (χ3n) is 2.69. The predicted molar refractivity (Wildman–Crippen MR) is 65.6 cm³/mol. The lowest BCUT2D eigenvalue weighted by molar-refractivity contribution is -0.118. The van der Waals surface area contributed by atoms with Crippen LogP contribution in [-0.4, -0.2) is 27.6 Å². The smallest absolute Gasteiger partial charge is 0.180 e. The Balaban J connectivity index is 2.50. The molecule has 1 rings (SSSR count). The van der Waals surface area contributed by atoms with Crippen molar-refractivity contribution >= 4 is 13.9 Å². The first kappa shape index (κ1) is 12.4. The van der Waals surface area contributed by atoms with Crippen molar-refractivity contribution in [2.45, 2.75) is 26.6 Å². The Morgan fingerprint density at radius 3 is 2.47 bits per heavy atom. The first-order valence-corrected chi connectivity index (χ1v) is 8.79. The van der Waals surface area contributed by atoms with Crippen LogP contribution in [0.15, 0.2) is 22.9 Å². The van der Waals surface area contributed by atoms with E-state index in [0.717, 1.165) is 0 Å². The van der Waals surface area contributed by atoms with Gasteiger partial charge in [-0.15, -0.1) is 0 Å². The Morgan fingerprint density at radius 2 is 2.07 bits per heavy atom. The maximum Gasteiger partial charge on any atom is 0.180 e. The zero-order valence-corrected chi connectivity index (χ0v) is 11.3. The molecular formula is C12H20O2Si. The van der Waals surface area contributed by atoms with Crippen LogP contribution in [-0.2, 0) is 9.53 Å². The molecule has 2 nitrogen and oxygen atoms in total. The van der Waals surface area contributed by atoms with E-state index in [9.17, 15) is 4.79 Å². The topological polar surface area (TPSA) is 26.3 Å². The molecule has 1 atom stereocenters. The summed E-state index contributed by atoms with van der Waals surface area (Å²) in [7, 11) is 0.387. The summed E-state index contributed by atoms with van der Waals surface area (Å²) >= 11 is 0. The monoisotopic (exact) mass is 224 g/mol. The molecule has 0 heterocycles. The van der Waals surface area contributed by atoms with Crippen LogP contribution in [0.3, 0.4) is 0 Å². The fourth-order valence-electron chi connectivity index (χ4n) is 2.05. The maximum absolute atomic E-state index is 11.2. The number of hydrogen-bond donors (Lipinski definition) is 0. The van der Waals surface area contributed by atoms with Crippen molar-refractivity contribution in [3.63, 3.8) is 0 Å². The van der Waals surface area contributed by atoms with Gasteiger partial charge in [0.15, 0.2) is 5.78 Å². The van der Waals surface area contributed by atoms with E-state index in [1.165, 1.54) is 5.57 Å². The molecule has 1 unspecified atom stereocenters. The summed E-state index contributed by atoms with van der Waals surface area (Å²) in [5.74, 6) is 0.518. The molecule has 0 aliphatic heterocycles. The van der Waals surface area contributed by atoms with E-state index in [2.05, 4.69) is 26.6 Å². The summed E-state index contributed by atoms with van der Waals surface area (Å²) in [4.78, 5) is 11.2. The third-order valence-corrected chi connectivity index (χ3v) is 5.01. The standard InChI is InChI=1S/C12H20O2Si/c1-9-11(12(9)15(3,4)5)7-6-10(13)8-14-2/h6-7,11H,8H2,1-5H3/b7-6+. The van der Waals surface area contributed by atoms with E-state index < -0.39 is 8.07 Å². The second-order valence-corrected chi connectivity index (χ2v) is 10.1. The fourth-order valence-corrected chi connectivity index (χ4v) is 4.56. The number of ether oxygens (including phenoxy) is 1. The number of ketones is 1. The van der Waals surface area contributed by atoms with E-state index in [0.29, 0.717) is 5.92 Å². The van der Waals surface area contributed by atoms with Gasteiger partial charge in [-0.3, -0.25) is 4.79 Å². The van der Waals surface area contributed by atoms with Gasteiger partial charge in [0.05, 0.1) is 8.07 Å². The van der Waals surface area contributed by atoms with Gasteiger partial charge in [-0.2, -0.15) is 0 Å². The van der Waals surface area contributed by atoms with Gasteiger partial charge in [0, 0.05) is 13.0 Å². The van der Waals surface area contributed by atoms with Crippen molar-refractivity contribution in [3.05, 3.63) is 22.9 Å². The summed E-state index contributed by atoms with van der Waals surface area (Å²) in [6, 6.07) is 0. The average molecular weight is 224 g/mol. The second-order valence-electron chi connectivity index (χ2n) is 5.08. The van der Waals surface area contributed by atoms with Gasteiger partial charge in [-0.25, -0.2) is 0 Å². The number of carbonyl (C=O) groups is 1. The van der Waals surface area contributed by atoms with Gasteiger partial charge in [-0.1, -0.05) is 36.5 Å². The van der Waals surface area contributed by atoms with Gasteiger partial charge in [0.1, 0.15) is 6.61 Å². The number of hydrogen-bond acceptors (Lipinski definition) is 2. The van der Waals surface area contributed by atoms with Gasteiger partial charge in [-0.05, 0) is 13.0 Å². The van der Waals surface area contributed by atoms with Crippen molar-refractivity contribution in [1.29, 1.82) is 0 Å². The van der Waals surface area contributed by atoms with Gasteiger partial charge < -0.3 is 4.74 Å². The zero-order chi connectivity index (χ0) is 11.6. The molecule has 1 aliphatic carbocycles. The largest absolute Gasteiger partial charge is 0.377 e. The average Bonchev–Trinajstić information content (AvgIpc) is 2.73. The summed E-state index contributed by atoms with van der Waals surface area (Å²) in [5.41, 5.74) is 1.47. The molecule has 15 heavy (non-hydrogen) atoms. The molecular weight excluding hydrogens is 204 g/mol. The first-order chi connectivity index (χ1) is 6.88. The Hall–Kier alpha value is -0.673. The van der Waals surface area contributed by atoms with Crippen LogP contribution in [0.1, 0.15) is 6.92 Å². The molecule has 0 fully saturated rings. The third kappa shape index (κ3) is 3.14. The summed E-state index contributed by atoms with van der Waals surface area (Å²) in [6.45, 7) is 9.39. The van der Waals surface area contributed by atoms with Crippen molar-refractivity contribution in [2.24, 2.45) is 5.92 Å². The molecule has 0 amide bonds. The zero-order valence-electron chi connectivity index (χ0n) is 10.3. The van der Waals surface area contributed by atoms with Gasteiger partial charge >= 0.3 is 0 Å². The molecule has 0 bridgehead atoms.